The van der Waals surface area contributed by atoms with Crippen molar-refractivity contribution in [1.29, 1.82) is 0 Å². The zero-order valence-electron chi connectivity index (χ0n) is 11.8. The van der Waals surface area contributed by atoms with Crippen molar-refractivity contribution in [2.24, 2.45) is 5.92 Å². The van der Waals surface area contributed by atoms with Gasteiger partial charge in [0, 0.05) is 19.1 Å². The molecule has 0 bridgehead atoms. The number of amides is 2. The van der Waals surface area contributed by atoms with Crippen molar-refractivity contribution in [3.63, 3.8) is 0 Å². The molecule has 19 heavy (non-hydrogen) atoms. The van der Waals surface area contributed by atoms with E-state index in [2.05, 4.69) is 22.5 Å². The average Bonchev–Trinajstić information content (AvgIpc) is 2.38. The second kappa shape index (κ2) is 7.99. The van der Waals surface area contributed by atoms with Gasteiger partial charge in [-0.1, -0.05) is 19.8 Å². The van der Waals surface area contributed by atoms with Gasteiger partial charge >= 0.3 is 12.0 Å². The Hall–Kier alpha value is -1.30. The Kier molecular flexibility index (Phi) is 6.62. The van der Waals surface area contributed by atoms with Gasteiger partial charge < -0.3 is 20.6 Å². The minimum Gasteiger partial charge on any atom is -0.481 e. The molecule has 1 rings (SSSR count). The number of likely N-dealkylation sites (N-methyl/N-ethyl adjacent to an activating group) is 1. The normalized spacial score (nSPS) is 23.1. The maximum Gasteiger partial charge on any atom is 0.315 e. The standard InChI is InChI=1S/C13H25N3O3/c1-3-16(2)9-8-14-13(19)15-11-7-5-4-6-10(11)12(17)18/h10-11H,3-9H2,1-2H3,(H,17,18)(H2,14,15,19). The highest BCUT2D eigenvalue weighted by atomic mass is 16.4. The predicted octanol–water partition coefficient (Wildman–Crippen LogP) is 0.881. The van der Waals surface area contributed by atoms with Gasteiger partial charge in [-0.2, -0.15) is 0 Å². The SMILES string of the molecule is CCN(C)CCNC(=O)NC1CCCCC1C(=O)O. The van der Waals surface area contributed by atoms with E-state index in [1.807, 2.05) is 7.05 Å². The minimum atomic E-state index is -0.810. The van der Waals surface area contributed by atoms with Crippen LogP contribution in [0.3, 0.4) is 0 Å². The van der Waals surface area contributed by atoms with E-state index >= 15 is 0 Å². The number of hydrogen-bond acceptors (Lipinski definition) is 3. The maximum absolute atomic E-state index is 11.7. The number of carbonyl (C=O) groups excluding carboxylic acids is 1. The molecule has 1 aliphatic rings. The molecule has 2 atom stereocenters. The summed E-state index contributed by atoms with van der Waals surface area (Å²) < 4.78 is 0. The smallest absolute Gasteiger partial charge is 0.315 e. The van der Waals surface area contributed by atoms with E-state index in [0.717, 1.165) is 32.4 Å². The second-order valence-electron chi connectivity index (χ2n) is 5.13. The van der Waals surface area contributed by atoms with Crippen molar-refractivity contribution >= 4 is 12.0 Å². The van der Waals surface area contributed by atoms with Crippen LogP contribution in [-0.4, -0.2) is 54.7 Å². The van der Waals surface area contributed by atoms with Crippen molar-refractivity contribution in [2.45, 2.75) is 38.6 Å². The summed E-state index contributed by atoms with van der Waals surface area (Å²) in [5, 5.41) is 14.7. The molecule has 2 amide bonds. The van der Waals surface area contributed by atoms with Gasteiger partial charge in [-0.25, -0.2) is 4.79 Å². The number of carbonyl (C=O) groups is 2. The third-order valence-corrected chi connectivity index (χ3v) is 3.72. The number of rotatable bonds is 6. The van der Waals surface area contributed by atoms with Gasteiger partial charge in [0.1, 0.15) is 0 Å². The lowest BCUT2D eigenvalue weighted by atomic mass is 9.84. The minimum absolute atomic E-state index is 0.241. The summed E-state index contributed by atoms with van der Waals surface area (Å²) in [5.74, 6) is -1.26. The molecule has 0 spiro atoms. The van der Waals surface area contributed by atoms with Crippen LogP contribution in [0.15, 0.2) is 0 Å². The van der Waals surface area contributed by atoms with E-state index in [-0.39, 0.29) is 12.1 Å². The molecule has 1 fully saturated rings. The monoisotopic (exact) mass is 271 g/mol. The van der Waals surface area contributed by atoms with E-state index in [1.54, 1.807) is 0 Å². The van der Waals surface area contributed by atoms with Crippen molar-refractivity contribution in [1.82, 2.24) is 15.5 Å². The van der Waals surface area contributed by atoms with Crippen molar-refractivity contribution in [3.8, 4) is 0 Å². The number of carboxylic acid groups (broad SMARTS) is 1. The van der Waals surface area contributed by atoms with E-state index in [9.17, 15) is 9.59 Å². The third-order valence-electron chi connectivity index (χ3n) is 3.72. The van der Waals surface area contributed by atoms with E-state index in [1.165, 1.54) is 0 Å². The first kappa shape index (κ1) is 15.8. The van der Waals surface area contributed by atoms with Gasteiger partial charge in [0.2, 0.25) is 0 Å². The molecule has 0 aromatic rings. The number of carboxylic acids is 1. The zero-order chi connectivity index (χ0) is 14.3. The fraction of sp³-hybridized carbons (Fsp3) is 0.846. The predicted molar refractivity (Wildman–Crippen MR) is 73.1 cm³/mol. The number of nitrogens with one attached hydrogen (secondary N) is 2. The molecule has 0 radical (unpaired) electrons. The molecule has 1 aliphatic carbocycles. The van der Waals surface area contributed by atoms with Gasteiger partial charge in [-0.05, 0) is 26.4 Å². The molecular weight excluding hydrogens is 246 g/mol. The first-order chi connectivity index (χ1) is 9.04. The number of urea groups is 1. The summed E-state index contributed by atoms with van der Waals surface area (Å²) in [6.07, 6.45) is 3.31. The van der Waals surface area contributed by atoms with Crippen molar-refractivity contribution in [3.05, 3.63) is 0 Å². The van der Waals surface area contributed by atoms with Crippen LogP contribution >= 0.6 is 0 Å². The second-order valence-corrected chi connectivity index (χ2v) is 5.13. The van der Waals surface area contributed by atoms with Gasteiger partial charge in [-0.15, -0.1) is 0 Å². The van der Waals surface area contributed by atoms with Gasteiger partial charge in [0.25, 0.3) is 0 Å². The highest BCUT2D eigenvalue weighted by Crippen LogP contribution is 2.24. The van der Waals surface area contributed by atoms with Crippen LogP contribution in [0.2, 0.25) is 0 Å². The molecule has 3 N–H and O–H groups in total. The summed E-state index contributed by atoms with van der Waals surface area (Å²) >= 11 is 0. The Balaban J connectivity index is 2.31. The van der Waals surface area contributed by atoms with E-state index in [0.29, 0.717) is 13.0 Å². The first-order valence-electron chi connectivity index (χ1n) is 7.00. The van der Waals surface area contributed by atoms with Gasteiger partial charge in [-0.3, -0.25) is 4.79 Å². The summed E-state index contributed by atoms with van der Waals surface area (Å²) in [6, 6.07) is -0.502. The Labute approximate surface area is 114 Å². The lowest BCUT2D eigenvalue weighted by Gasteiger charge is -2.29. The molecule has 1 saturated carbocycles. The Morgan fingerprint density at radius 2 is 2.00 bits per heavy atom. The molecule has 0 aromatic carbocycles. The van der Waals surface area contributed by atoms with Crippen LogP contribution in [0.1, 0.15) is 32.6 Å². The summed E-state index contributed by atoms with van der Waals surface area (Å²) in [7, 11) is 1.99. The fourth-order valence-electron chi connectivity index (χ4n) is 2.34. The van der Waals surface area contributed by atoms with Crippen LogP contribution in [0.5, 0.6) is 0 Å². The molecule has 0 aliphatic heterocycles. The molecule has 0 heterocycles. The zero-order valence-corrected chi connectivity index (χ0v) is 11.8. The van der Waals surface area contributed by atoms with Crippen molar-refractivity contribution < 1.29 is 14.7 Å². The highest BCUT2D eigenvalue weighted by Gasteiger charge is 2.31. The molecule has 6 heteroatoms. The van der Waals surface area contributed by atoms with Crippen molar-refractivity contribution in [2.75, 3.05) is 26.7 Å². The Morgan fingerprint density at radius 3 is 2.63 bits per heavy atom. The summed E-state index contributed by atoms with van der Waals surface area (Å²) in [4.78, 5) is 24.9. The molecule has 110 valence electrons. The number of nitrogens with zero attached hydrogens (tertiary/aromatic N) is 1. The first-order valence-corrected chi connectivity index (χ1v) is 7.00. The Morgan fingerprint density at radius 1 is 1.32 bits per heavy atom. The third kappa shape index (κ3) is 5.46. The van der Waals surface area contributed by atoms with Crippen LogP contribution in [-0.2, 0) is 4.79 Å². The number of hydrogen-bond donors (Lipinski definition) is 3. The fourth-order valence-corrected chi connectivity index (χ4v) is 2.34. The molecule has 2 unspecified atom stereocenters. The van der Waals surface area contributed by atoms with Crippen LogP contribution in [0, 0.1) is 5.92 Å². The van der Waals surface area contributed by atoms with Gasteiger partial charge in [0.15, 0.2) is 0 Å². The number of aliphatic carboxylic acids is 1. The average molecular weight is 271 g/mol. The molecular formula is C13H25N3O3. The quantitative estimate of drug-likeness (QED) is 0.670. The topological polar surface area (TPSA) is 81.7 Å². The lowest BCUT2D eigenvalue weighted by molar-refractivity contribution is -0.143. The van der Waals surface area contributed by atoms with Crippen LogP contribution < -0.4 is 10.6 Å². The largest absolute Gasteiger partial charge is 0.481 e. The lowest BCUT2D eigenvalue weighted by Crippen LogP contribution is -2.49. The Bertz CT molecular complexity index is 310. The van der Waals surface area contributed by atoms with Crippen LogP contribution in [0.4, 0.5) is 4.79 Å². The molecule has 6 nitrogen and oxygen atoms in total. The summed E-state index contributed by atoms with van der Waals surface area (Å²) in [5.41, 5.74) is 0. The molecule has 0 saturated heterocycles. The maximum atomic E-state index is 11.7. The van der Waals surface area contributed by atoms with E-state index < -0.39 is 11.9 Å². The van der Waals surface area contributed by atoms with Gasteiger partial charge in [0.05, 0.1) is 5.92 Å². The molecule has 0 aromatic heterocycles. The van der Waals surface area contributed by atoms with Crippen LogP contribution in [0.25, 0.3) is 0 Å². The summed E-state index contributed by atoms with van der Waals surface area (Å²) in [6.45, 7) is 4.35. The highest BCUT2D eigenvalue weighted by molar-refractivity contribution is 5.76. The van der Waals surface area contributed by atoms with E-state index in [4.69, 9.17) is 5.11 Å².